The highest BCUT2D eigenvalue weighted by atomic mass is 35.5. The lowest BCUT2D eigenvalue weighted by Gasteiger charge is -2.07. The van der Waals surface area contributed by atoms with Gasteiger partial charge in [0.15, 0.2) is 0 Å². The van der Waals surface area contributed by atoms with Gasteiger partial charge in [0, 0.05) is 5.56 Å². The van der Waals surface area contributed by atoms with E-state index < -0.39 is 11.7 Å². The number of nitrogens with zero attached hydrogens (tertiary/aromatic N) is 1. The zero-order chi connectivity index (χ0) is 13.3. The van der Waals surface area contributed by atoms with Crippen molar-refractivity contribution >= 4 is 29.1 Å². The standard InChI is InChI=1S/C12H7Cl2FN2O/c13-10-3-6(4-11(14)17-10)8-2-1-7(15)5-9(8)12(16)18/h1-5H,(H2,16,18). The van der Waals surface area contributed by atoms with E-state index in [-0.39, 0.29) is 15.9 Å². The number of nitrogens with two attached hydrogens (primary N) is 1. The van der Waals surface area contributed by atoms with Crippen molar-refractivity contribution in [2.75, 3.05) is 0 Å². The summed E-state index contributed by atoms with van der Waals surface area (Å²) >= 11 is 11.6. The Morgan fingerprint density at radius 1 is 1.17 bits per heavy atom. The third-order valence-corrected chi connectivity index (χ3v) is 2.71. The van der Waals surface area contributed by atoms with E-state index in [0.717, 1.165) is 6.07 Å². The quantitative estimate of drug-likeness (QED) is 0.861. The number of halogens is 3. The van der Waals surface area contributed by atoms with Gasteiger partial charge in [-0.2, -0.15) is 0 Å². The van der Waals surface area contributed by atoms with Gasteiger partial charge in [0.05, 0.1) is 0 Å². The average molecular weight is 285 g/mol. The summed E-state index contributed by atoms with van der Waals surface area (Å²) in [5, 5.41) is 0.356. The Hall–Kier alpha value is -1.65. The summed E-state index contributed by atoms with van der Waals surface area (Å²) in [6.07, 6.45) is 0. The molecule has 0 aliphatic rings. The van der Waals surface area contributed by atoms with Crippen molar-refractivity contribution in [2.45, 2.75) is 0 Å². The molecule has 92 valence electrons. The fourth-order valence-electron chi connectivity index (χ4n) is 1.59. The largest absolute Gasteiger partial charge is 0.366 e. The number of pyridine rings is 1. The second kappa shape index (κ2) is 4.92. The number of rotatable bonds is 2. The van der Waals surface area contributed by atoms with E-state index in [2.05, 4.69) is 4.98 Å². The van der Waals surface area contributed by atoms with E-state index in [9.17, 15) is 9.18 Å². The van der Waals surface area contributed by atoms with E-state index in [1.54, 1.807) is 0 Å². The Kier molecular flexibility index (Phi) is 3.50. The number of aromatic nitrogens is 1. The minimum absolute atomic E-state index is 0.0633. The summed E-state index contributed by atoms with van der Waals surface area (Å²) < 4.78 is 13.1. The van der Waals surface area contributed by atoms with Crippen molar-refractivity contribution < 1.29 is 9.18 Å². The molecule has 1 amide bonds. The van der Waals surface area contributed by atoms with Crippen LogP contribution in [-0.2, 0) is 0 Å². The molecule has 2 aromatic rings. The van der Waals surface area contributed by atoms with Crippen LogP contribution in [0.2, 0.25) is 10.3 Å². The fraction of sp³-hybridized carbons (Fsp3) is 0. The molecule has 0 aliphatic carbocycles. The lowest BCUT2D eigenvalue weighted by Crippen LogP contribution is -2.12. The molecule has 3 nitrogen and oxygen atoms in total. The van der Waals surface area contributed by atoms with Gasteiger partial charge in [-0.3, -0.25) is 4.79 Å². The third-order valence-electron chi connectivity index (χ3n) is 2.32. The molecule has 6 heteroatoms. The minimum Gasteiger partial charge on any atom is -0.366 e. The predicted octanol–water partition coefficient (Wildman–Crippen LogP) is 3.29. The molecule has 0 saturated heterocycles. The van der Waals surface area contributed by atoms with Crippen molar-refractivity contribution in [1.29, 1.82) is 0 Å². The molecule has 0 unspecified atom stereocenters. The van der Waals surface area contributed by atoms with Crippen LogP contribution in [0.4, 0.5) is 4.39 Å². The SMILES string of the molecule is NC(=O)c1cc(F)ccc1-c1cc(Cl)nc(Cl)c1. The van der Waals surface area contributed by atoms with E-state index in [1.165, 1.54) is 24.3 Å². The number of amides is 1. The zero-order valence-corrected chi connectivity index (χ0v) is 10.5. The number of benzene rings is 1. The molecule has 0 radical (unpaired) electrons. The van der Waals surface area contributed by atoms with Crippen LogP contribution in [-0.4, -0.2) is 10.9 Å². The van der Waals surface area contributed by atoms with Crippen LogP contribution < -0.4 is 5.73 Å². The average Bonchev–Trinajstić information content (AvgIpc) is 2.27. The van der Waals surface area contributed by atoms with Crippen LogP contribution in [0.3, 0.4) is 0 Å². The van der Waals surface area contributed by atoms with Gasteiger partial charge in [-0.1, -0.05) is 29.3 Å². The van der Waals surface area contributed by atoms with Crippen LogP contribution in [0.15, 0.2) is 30.3 Å². The van der Waals surface area contributed by atoms with Crippen molar-refractivity contribution in [2.24, 2.45) is 5.73 Å². The Morgan fingerprint density at radius 3 is 2.33 bits per heavy atom. The number of hydrogen-bond donors (Lipinski definition) is 1. The molecule has 2 N–H and O–H groups in total. The number of carbonyl (C=O) groups is 1. The monoisotopic (exact) mass is 284 g/mol. The molecule has 0 saturated carbocycles. The van der Waals surface area contributed by atoms with E-state index in [4.69, 9.17) is 28.9 Å². The Balaban J connectivity index is 2.66. The smallest absolute Gasteiger partial charge is 0.249 e. The molecule has 1 aromatic carbocycles. The zero-order valence-electron chi connectivity index (χ0n) is 8.95. The van der Waals surface area contributed by atoms with Crippen LogP contribution in [0.5, 0.6) is 0 Å². The molecule has 0 atom stereocenters. The lowest BCUT2D eigenvalue weighted by molar-refractivity contribution is 0.100. The highest BCUT2D eigenvalue weighted by molar-refractivity contribution is 6.32. The van der Waals surface area contributed by atoms with Gasteiger partial charge in [0.25, 0.3) is 0 Å². The molecule has 0 spiro atoms. The van der Waals surface area contributed by atoms with E-state index in [1.807, 2.05) is 0 Å². The Bertz CT molecular complexity index is 611. The maximum absolute atomic E-state index is 13.1. The highest BCUT2D eigenvalue weighted by Crippen LogP contribution is 2.28. The molecular formula is C12H7Cl2FN2O. The molecule has 0 fully saturated rings. The molecule has 0 aliphatic heterocycles. The second-order valence-electron chi connectivity index (χ2n) is 3.56. The molecular weight excluding hydrogens is 278 g/mol. The fourth-order valence-corrected chi connectivity index (χ4v) is 2.05. The number of hydrogen-bond acceptors (Lipinski definition) is 2. The molecule has 1 aromatic heterocycles. The minimum atomic E-state index is -0.728. The normalized spacial score (nSPS) is 10.4. The van der Waals surface area contributed by atoms with Gasteiger partial charge in [0.2, 0.25) is 5.91 Å². The molecule has 18 heavy (non-hydrogen) atoms. The number of carbonyl (C=O) groups excluding carboxylic acids is 1. The first-order chi connectivity index (χ1) is 8.47. The Labute approximate surface area is 112 Å². The molecule has 0 bridgehead atoms. The first-order valence-electron chi connectivity index (χ1n) is 4.90. The second-order valence-corrected chi connectivity index (χ2v) is 4.33. The summed E-state index contributed by atoms with van der Waals surface area (Å²) in [6, 6.07) is 6.78. The van der Waals surface area contributed by atoms with Gasteiger partial charge in [-0.15, -0.1) is 0 Å². The molecule has 1 heterocycles. The lowest BCUT2D eigenvalue weighted by atomic mass is 10.00. The third kappa shape index (κ3) is 2.60. The van der Waals surface area contributed by atoms with Gasteiger partial charge < -0.3 is 5.73 Å². The van der Waals surface area contributed by atoms with Crippen molar-refractivity contribution in [3.63, 3.8) is 0 Å². The maximum atomic E-state index is 13.1. The highest BCUT2D eigenvalue weighted by Gasteiger charge is 2.12. The maximum Gasteiger partial charge on any atom is 0.249 e. The first kappa shape index (κ1) is 12.8. The van der Waals surface area contributed by atoms with E-state index >= 15 is 0 Å². The predicted molar refractivity (Wildman–Crippen MR) is 68.2 cm³/mol. The summed E-state index contributed by atoms with van der Waals surface area (Å²) in [4.78, 5) is 15.1. The van der Waals surface area contributed by atoms with Crippen LogP contribution in [0, 0.1) is 5.82 Å². The molecule has 2 rings (SSSR count). The summed E-state index contributed by atoms with van der Waals surface area (Å²) in [5.41, 5.74) is 6.28. The summed E-state index contributed by atoms with van der Waals surface area (Å²) in [7, 11) is 0. The van der Waals surface area contributed by atoms with Gasteiger partial charge in [-0.05, 0) is 35.4 Å². The van der Waals surface area contributed by atoms with Gasteiger partial charge in [0.1, 0.15) is 16.1 Å². The van der Waals surface area contributed by atoms with Crippen molar-refractivity contribution in [3.8, 4) is 11.1 Å². The van der Waals surface area contributed by atoms with Gasteiger partial charge >= 0.3 is 0 Å². The van der Waals surface area contributed by atoms with Crippen molar-refractivity contribution in [3.05, 3.63) is 52.0 Å². The first-order valence-corrected chi connectivity index (χ1v) is 5.66. The van der Waals surface area contributed by atoms with Crippen LogP contribution in [0.1, 0.15) is 10.4 Å². The van der Waals surface area contributed by atoms with Gasteiger partial charge in [-0.25, -0.2) is 9.37 Å². The van der Waals surface area contributed by atoms with Crippen LogP contribution >= 0.6 is 23.2 Å². The topological polar surface area (TPSA) is 56.0 Å². The van der Waals surface area contributed by atoms with Crippen LogP contribution in [0.25, 0.3) is 11.1 Å². The summed E-state index contributed by atoms with van der Waals surface area (Å²) in [6.45, 7) is 0. The van der Waals surface area contributed by atoms with Crippen molar-refractivity contribution in [1.82, 2.24) is 4.98 Å². The van der Waals surface area contributed by atoms with E-state index in [0.29, 0.717) is 11.1 Å². The number of primary amides is 1. The summed E-state index contributed by atoms with van der Waals surface area (Å²) in [5.74, 6) is -1.27. The Morgan fingerprint density at radius 2 is 1.78 bits per heavy atom.